The third-order valence-electron chi connectivity index (χ3n) is 4.08. The zero-order chi connectivity index (χ0) is 18.4. The number of benzene rings is 1. The van der Waals surface area contributed by atoms with Crippen molar-refractivity contribution < 1.29 is 4.39 Å². The van der Waals surface area contributed by atoms with Crippen molar-refractivity contribution in [3.8, 4) is 22.5 Å². The number of rotatable bonds is 2. The van der Waals surface area contributed by atoms with Crippen LogP contribution in [0.15, 0.2) is 47.7 Å². The molecule has 3 heterocycles. The maximum absolute atomic E-state index is 14.1. The molecule has 0 fully saturated rings. The molecule has 130 valence electrons. The van der Waals surface area contributed by atoms with Gasteiger partial charge in [-0.25, -0.2) is 9.97 Å². The molecule has 0 aliphatic rings. The van der Waals surface area contributed by atoms with Crippen LogP contribution in [0.5, 0.6) is 0 Å². The summed E-state index contributed by atoms with van der Waals surface area (Å²) in [6, 6.07) is 6.85. The predicted octanol–water partition coefficient (Wildman–Crippen LogP) is 3.37. The summed E-state index contributed by atoms with van der Waals surface area (Å²) in [7, 11) is 1.86. The topological polar surface area (TPSA) is 89.6 Å². The standard InChI is InChI=1S/C18H13ClFN5O/c1-25-5-3-10(8-25)14-15(23-16(20)17(21)24-14)11-6-9-2-4-22-18(26)13(9)12(19)7-11/h2-8H,1H3,(H2,21,24)(H,22,26). The molecule has 1 aromatic carbocycles. The molecule has 3 N–H and O–H groups in total. The van der Waals surface area contributed by atoms with Crippen molar-refractivity contribution >= 4 is 28.2 Å². The zero-order valence-electron chi connectivity index (χ0n) is 13.6. The number of pyridine rings is 1. The van der Waals surface area contributed by atoms with Crippen LogP contribution in [-0.2, 0) is 7.05 Å². The van der Waals surface area contributed by atoms with Crippen LogP contribution in [0.25, 0.3) is 33.3 Å². The molecule has 0 spiro atoms. The molecule has 0 saturated heterocycles. The van der Waals surface area contributed by atoms with Gasteiger partial charge in [0.1, 0.15) is 11.4 Å². The van der Waals surface area contributed by atoms with Gasteiger partial charge in [-0.3, -0.25) is 4.79 Å². The summed E-state index contributed by atoms with van der Waals surface area (Å²) < 4.78 is 15.9. The molecule has 4 aromatic rings. The fraction of sp³-hybridized carbons (Fsp3) is 0.0556. The molecular formula is C18H13ClFN5O. The summed E-state index contributed by atoms with van der Waals surface area (Å²) in [6.07, 6.45) is 5.20. The maximum atomic E-state index is 14.1. The number of aromatic amines is 1. The number of nitrogens with zero attached hydrogens (tertiary/aromatic N) is 3. The van der Waals surface area contributed by atoms with Crippen molar-refractivity contribution in [1.29, 1.82) is 0 Å². The molecule has 0 unspecified atom stereocenters. The van der Waals surface area contributed by atoms with Crippen LogP contribution in [0, 0.1) is 5.95 Å². The minimum Gasteiger partial charge on any atom is -0.380 e. The molecule has 26 heavy (non-hydrogen) atoms. The van der Waals surface area contributed by atoms with Crippen LogP contribution in [0.3, 0.4) is 0 Å². The minimum atomic E-state index is -0.859. The number of hydrogen-bond acceptors (Lipinski definition) is 4. The largest absolute Gasteiger partial charge is 0.380 e. The quantitative estimate of drug-likeness (QED) is 0.567. The second-order valence-electron chi connectivity index (χ2n) is 5.89. The first kappa shape index (κ1) is 16.3. The van der Waals surface area contributed by atoms with Gasteiger partial charge < -0.3 is 15.3 Å². The second-order valence-corrected chi connectivity index (χ2v) is 6.30. The Bertz CT molecular complexity index is 1210. The lowest BCUT2D eigenvalue weighted by atomic mass is 10.0. The Labute approximate surface area is 152 Å². The third-order valence-corrected chi connectivity index (χ3v) is 4.38. The number of halogens is 2. The monoisotopic (exact) mass is 369 g/mol. The van der Waals surface area contributed by atoms with Crippen LogP contribution < -0.4 is 11.3 Å². The number of fused-ring (bicyclic) bond motifs is 1. The van der Waals surface area contributed by atoms with E-state index in [1.54, 1.807) is 18.2 Å². The maximum Gasteiger partial charge on any atom is 0.257 e. The first-order chi connectivity index (χ1) is 12.4. The van der Waals surface area contributed by atoms with E-state index in [9.17, 15) is 9.18 Å². The lowest BCUT2D eigenvalue weighted by Crippen LogP contribution is -2.06. The van der Waals surface area contributed by atoms with Crippen LogP contribution in [0.4, 0.5) is 10.2 Å². The van der Waals surface area contributed by atoms with E-state index in [2.05, 4.69) is 15.0 Å². The highest BCUT2D eigenvalue weighted by molar-refractivity contribution is 6.35. The number of aryl methyl sites for hydroxylation is 1. The lowest BCUT2D eigenvalue weighted by molar-refractivity contribution is 0.585. The highest BCUT2D eigenvalue weighted by Gasteiger charge is 2.18. The molecule has 0 radical (unpaired) electrons. The second kappa shape index (κ2) is 5.96. The average molecular weight is 370 g/mol. The van der Waals surface area contributed by atoms with Crippen LogP contribution in [0.2, 0.25) is 5.02 Å². The van der Waals surface area contributed by atoms with Gasteiger partial charge in [-0.15, -0.1) is 0 Å². The Morgan fingerprint density at radius 2 is 1.96 bits per heavy atom. The van der Waals surface area contributed by atoms with E-state index in [1.165, 1.54) is 6.20 Å². The fourth-order valence-corrected chi connectivity index (χ4v) is 3.20. The molecule has 0 aliphatic carbocycles. The zero-order valence-corrected chi connectivity index (χ0v) is 14.4. The summed E-state index contributed by atoms with van der Waals surface area (Å²) in [6.45, 7) is 0. The number of nitrogens with two attached hydrogens (primary N) is 1. The van der Waals surface area contributed by atoms with E-state index in [-0.39, 0.29) is 16.4 Å². The van der Waals surface area contributed by atoms with Crippen molar-refractivity contribution in [3.05, 3.63) is 64.2 Å². The third kappa shape index (κ3) is 2.62. The fourth-order valence-electron chi connectivity index (χ4n) is 2.89. The number of H-pyrrole nitrogens is 1. The number of nitrogens with one attached hydrogen (secondary N) is 1. The number of aromatic nitrogens is 4. The van der Waals surface area contributed by atoms with E-state index in [0.717, 1.165) is 5.56 Å². The van der Waals surface area contributed by atoms with Gasteiger partial charge in [-0.05, 0) is 29.7 Å². The normalized spacial score (nSPS) is 11.2. The summed E-state index contributed by atoms with van der Waals surface area (Å²) in [5, 5.41) is 1.23. The molecule has 6 nitrogen and oxygen atoms in total. The van der Waals surface area contributed by atoms with E-state index in [4.69, 9.17) is 17.3 Å². The molecule has 3 aromatic heterocycles. The summed E-state index contributed by atoms with van der Waals surface area (Å²) in [5.41, 5.74) is 7.34. The van der Waals surface area contributed by atoms with Crippen molar-refractivity contribution in [1.82, 2.24) is 19.5 Å². The van der Waals surface area contributed by atoms with Gasteiger partial charge >= 0.3 is 0 Å². The Balaban J connectivity index is 2.03. The molecule has 0 aliphatic heterocycles. The Kier molecular flexibility index (Phi) is 3.73. The Morgan fingerprint density at radius 1 is 1.19 bits per heavy atom. The van der Waals surface area contributed by atoms with Crippen molar-refractivity contribution in [2.24, 2.45) is 7.05 Å². The van der Waals surface area contributed by atoms with Crippen molar-refractivity contribution in [2.75, 3.05) is 5.73 Å². The van der Waals surface area contributed by atoms with Gasteiger partial charge in [-0.1, -0.05) is 11.6 Å². The lowest BCUT2D eigenvalue weighted by Gasteiger charge is -2.10. The number of hydrogen-bond donors (Lipinski definition) is 2. The van der Waals surface area contributed by atoms with E-state index < -0.39 is 5.95 Å². The first-order valence-electron chi connectivity index (χ1n) is 7.70. The Hall–Kier alpha value is -3.19. The van der Waals surface area contributed by atoms with Gasteiger partial charge in [0.25, 0.3) is 11.5 Å². The molecule has 0 saturated carbocycles. The summed E-state index contributed by atoms with van der Waals surface area (Å²) in [4.78, 5) is 22.7. The highest BCUT2D eigenvalue weighted by atomic mass is 35.5. The van der Waals surface area contributed by atoms with E-state index in [0.29, 0.717) is 27.7 Å². The van der Waals surface area contributed by atoms with Gasteiger partial charge in [0.05, 0.1) is 10.4 Å². The highest BCUT2D eigenvalue weighted by Crippen LogP contribution is 2.34. The van der Waals surface area contributed by atoms with E-state index in [1.807, 2.05) is 30.1 Å². The van der Waals surface area contributed by atoms with Crippen LogP contribution in [0.1, 0.15) is 0 Å². The molecule has 0 bridgehead atoms. The van der Waals surface area contributed by atoms with Crippen LogP contribution in [-0.4, -0.2) is 19.5 Å². The number of anilines is 1. The summed E-state index contributed by atoms with van der Waals surface area (Å²) in [5.74, 6) is -1.14. The van der Waals surface area contributed by atoms with Crippen molar-refractivity contribution in [3.63, 3.8) is 0 Å². The van der Waals surface area contributed by atoms with Gasteiger partial charge in [0.2, 0.25) is 0 Å². The summed E-state index contributed by atoms with van der Waals surface area (Å²) >= 11 is 6.30. The molecule has 0 atom stereocenters. The molecular weight excluding hydrogens is 357 g/mol. The molecule has 0 amide bonds. The molecule has 8 heteroatoms. The average Bonchev–Trinajstić information content (AvgIpc) is 3.03. The van der Waals surface area contributed by atoms with Gasteiger partial charge in [-0.2, -0.15) is 4.39 Å². The van der Waals surface area contributed by atoms with E-state index >= 15 is 0 Å². The first-order valence-corrected chi connectivity index (χ1v) is 8.08. The predicted molar refractivity (Wildman–Crippen MR) is 99.4 cm³/mol. The molecule has 4 rings (SSSR count). The van der Waals surface area contributed by atoms with Crippen molar-refractivity contribution in [2.45, 2.75) is 0 Å². The van der Waals surface area contributed by atoms with Gasteiger partial charge in [0, 0.05) is 36.8 Å². The minimum absolute atomic E-state index is 0.248. The smallest absolute Gasteiger partial charge is 0.257 e. The Morgan fingerprint density at radius 3 is 2.69 bits per heavy atom. The SMILES string of the molecule is Cn1ccc(-c2nc(N)c(F)nc2-c2cc(Cl)c3c(=O)[nH]ccc3c2)c1. The number of nitrogen functional groups attached to an aromatic ring is 1. The van der Waals surface area contributed by atoms with Crippen LogP contribution >= 0.6 is 11.6 Å². The van der Waals surface area contributed by atoms with Gasteiger partial charge in [0.15, 0.2) is 5.82 Å².